The second kappa shape index (κ2) is 7.26. The maximum Gasteiger partial charge on any atom is 0.217 e. The molecule has 3 N–H and O–H groups in total. The Morgan fingerprint density at radius 2 is 1.90 bits per heavy atom. The summed E-state index contributed by atoms with van der Waals surface area (Å²) in [4.78, 5) is 7.77. The Kier molecular flexibility index (Phi) is 5.98. The van der Waals surface area contributed by atoms with E-state index in [1.807, 2.05) is 20.8 Å². The molecule has 0 aliphatic rings. The number of nitrogens with zero attached hydrogens (tertiary/aromatic N) is 2. The van der Waals surface area contributed by atoms with Gasteiger partial charge in [-0.2, -0.15) is 0 Å². The SMILES string of the molecule is CC(C)(C)C(O)C(/N=C/N=CN)Oc1ccc(Cl)cc1. The molecule has 1 rings (SSSR count). The Hall–Kier alpha value is -1.59. The van der Waals surface area contributed by atoms with Crippen LogP contribution in [0.5, 0.6) is 5.75 Å². The molecule has 6 heteroatoms. The largest absolute Gasteiger partial charge is 0.466 e. The summed E-state index contributed by atoms with van der Waals surface area (Å²) in [5.41, 5.74) is 4.76. The zero-order valence-corrected chi connectivity index (χ0v) is 12.6. The monoisotopic (exact) mass is 297 g/mol. The number of halogens is 1. The Morgan fingerprint density at radius 1 is 1.30 bits per heavy atom. The predicted octanol–water partition coefficient (Wildman–Crippen LogP) is 2.47. The zero-order chi connectivity index (χ0) is 15.2. The third-order valence-electron chi connectivity index (χ3n) is 2.59. The molecular weight excluding hydrogens is 278 g/mol. The van der Waals surface area contributed by atoms with Crippen molar-refractivity contribution in [3.8, 4) is 5.75 Å². The number of nitrogens with two attached hydrogens (primary N) is 1. The van der Waals surface area contributed by atoms with Crippen molar-refractivity contribution >= 4 is 24.3 Å². The number of hydrogen-bond donors (Lipinski definition) is 2. The zero-order valence-electron chi connectivity index (χ0n) is 11.8. The van der Waals surface area contributed by atoms with Crippen molar-refractivity contribution in [2.75, 3.05) is 0 Å². The fourth-order valence-electron chi connectivity index (χ4n) is 1.40. The summed E-state index contributed by atoms with van der Waals surface area (Å²) in [5, 5.41) is 10.9. The highest BCUT2D eigenvalue weighted by molar-refractivity contribution is 6.30. The molecule has 0 aliphatic heterocycles. The fraction of sp³-hybridized carbons (Fsp3) is 0.429. The lowest BCUT2D eigenvalue weighted by Crippen LogP contribution is -2.40. The number of aliphatic hydroxyl groups is 1. The lowest BCUT2D eigenvalue weighted by Gasteiger charge is -2.30. The fourth-order valence-corrected chi connectivity index (χ4v) is 1.53. The topological polar surface area (TPSA) is 80.2 Å². The Labute approximate surface area is 124 Å². The van der Waals surface area contributed by atoms with E-state index in [4.69, 9.17) is 22.1 Å². The maximum absolute atomic E-state index is 10.3. The molecule has 0 aliphatic carbocycles. The van der Waals surface area contributed by atoms with Gasteiger partial charge in [0, 0.05) is 5.02 Å². The van der Waals surface area contributed by atoms with Gasteiger partial charge in [0.15, 0.2) is 0 Å². The number of ether oxygens (including phenoxy) is 1. The van der Waals surface area contributed by atoms with Crippen molar-refractivity contribution in [3.63, 3.8) is 0 Å². The number of aliphatic hydroxyl groups excluding tert-OH is 1. The van der Waals surface area contributed by atoms with Crippen molar-refractivity contribution in [1.29, 1.82) is 0 Å². The van der Waals surface area contributed by atoms with E-state index in [0.717, 1.165) is 6.34 Å². The van der Waals surface area contributed by atoms with E-state index in [1.165, 1.54) is 6.34 Å². The van der Waals surface area contributed by atoms with E-state index >= 15 is 0 Å². The average molecular weight is 298 g/mol. The lowest BCUT2D eigenvalue weighted by molar-refractivity contribution is -0.0272. The summed E-state index contributed by atoms with van der Waals surface area (Å²) >= 11 is 5.82. The third kappa shape index (κ3) is 5.19. The summed E-state index contributed by atoms with van der Waals surface area (Å²) in [6.45, 7) is 5.70. The minimum atomic E-state index is -0.803. The Bertz CT molecular complexity index is 466. The minimum absolute atomic E-state index is 0.388. The van der Waals surface area contributed by atoms with Gasteiger partial charge in [-0.25, -0.2) is 9.98 Å². The number of benzene rings is 1. The van der Waals surface area contributed by atoms with E-state index in [2.05, 4.69) is 9.98 Å². The summed E-state index contributed by atoms with van der Waals surface area (Å²) in [7, 11) is 0. The highest BCUT2D eigenvalue weighted by Crippen LogP contribution is 2.26. The molecule has 0 bridgehead atoms. The van der Waals surface area contributed by atoms with Crippen molar-refractivity contribution in [1.82, 2.24) is 0 Å². The normalized spacial score (nSPS) is 15.7. The smallest absolute Gasteiger partial charge is 0.217 e. The van der Waals surface area contributed by atoms with E-state index < -0.39 is 12.3 Å². The summed E-state index contributed by atoms with van der Waals surface area (Å²) in [5.74, 6) is 0.566. The van der Waals surface area contributed by atoms with Gasteiger partial charge >= 0.3 is 0 Å². The Morgan fingerprint density at radius 3 is 2.40 bits per heavy atom. The van der Waals surface area contributed by atoms with Gasteiger partial charge in [-0.15, -0.1) is 0 Å². The van der Waals surface area contributed by atoms with Crippen LogP contribution in [-0.4, -0.2) is 30.1 Å². The maximum atomic E-state index is 10.3. The number of rotatable bonds is 5. The van der Waals surface area contributed by atoms with Crippen LogP contribution in [0.4, 0.5) is 0 Å². The van der Waals surface area contributed by atoms with Gasteiger partial charge in [-0.1, -0.05) is 32.4 Å². The molecule has 0 radical (unpaired) electrons. The van der Waals surface area contributed by atoms with Crippen molar-refractivity contribution in [2.45, 2.75) is 33.1 Å². The van der Waals surface area contributed by atoms with Gasteiger partial charge in [0.25, 0.3) is 0 Å². The molecule has 110 valence electrons. The molecule has 1 aromatic carbocycles. The third-order valence-corrected chi connectivity index (χ3v) is 2.85. The molecule has 0 saturated carbocycles. The van der Waals surface area contributed by atoms with Crippen molar-refractivity contribution < 1.29 is 9.84 Å². The average Bonchev–Trinajstić information content (AvgIpc) is 2.38. The molecule has 5 nitrogen and oxygen atoms in total. The molecule has 2 unspecified atom stereocenters. The van der Waals surface area contributed by atoms with Crippen LogP contribution >= 0.6 is 11.6 Å². The van der Waals surface area contributed by atoms with Crippen LogP contribution in [-0.2, 0) is 0 Å². The minimum Gasteiger partial charge on any atom is -0.466 e. The van der Waals surface area contributed by atoms with Gasteiger partial charge in [-0.3, -0.25) is 0 Å². The van der Waals surface area contributed by atoms with Crippen LogP contribution in [0.1, 0.15) is 20.8 Å². The van der Waals surface area contributed by atoms with Crippen LogP contribution in [0.15, 0.2) is 34.3 Å². The highest BCUT2D eigenvalue weighted by atomic mass is 35.5. The molecular formula is C14H20ClN3O2. The van der Waals surface area contributed by atoms with Crippen molar-refractivity contribution in [3.05, 3.63) is 29.3 Å². The van der Waals surface area contributed by atoms with Crippen LogP contribution < -0.4 is 10.5 Å². The quantitative estimate of drug-likeness (QED) is 0.647. The number of hydrogen-bond acceptors (Lipinski definition) is 3. The van der Waals surface area contributed by atoms with Gasteiger partial charge in [-0.05, 0) is 29.7 Å². The van der Waals surface area contributed by atoms with Gasteiger partial charge < -0.3 is 15.6 Å². The molecule has 0 amide bonds. The van der Waals surface area contributed by atoms with Gasteiger partial charge in [0.1, 0.15) is 18.2 Å². The summed E-state index contributed by atoms with van der Waals surface area (Å²) in [6.07, 6.45) is 0.796. The van der Waals surface area contributed by atoms with Crippen LogP contribution in [0.25, 0.3) is 0 Å². The first-order valence-electron chi connectivity index (χ1n) is 6.20. The van der Waals surface area contributed by atoms with Gasteiger partial charge in [0.05, 0.1) is 6.34 Å². The van der Waals surface area contributed by atoms with Crippen LogP contribution in [0.2, 0.25) is 5.02 Å². The lowest BCUT2D eigenvalue weighted by atomic mass is 9.88. The molecule has 0 spiro atoms. The molecule has 1 aromatic rings. The Balaban J connectivity index is 2.90. The van der Waals surface area contributed by atoms with Crippen LogP contribution in [0.3, 0.4) is 0 Å². The number of aliphatic imine (C=N–C) groups is 2. The molecule has 0 fully saturated rings. The first kappa shape index (κ1) is 16.5. The second-order valence-corrected chi connectivity index (χ2v) is 5.77. The van der Waals surface area contributed by atoms with E-state index in [-0.39, 0.29) is 5.41 Å². The van der Waals surface area contributed by atoms with E-state index in [1.54, 1.807) is 24.3 Å². The standard InChI is InChI=1S/C14H20ClN3O2/c1-14(2,3)12(19)13(18-9-17-8-16)20-11-6-4-10(15)5-7-11/h4-9,12-13,19H,1-3H3,(H2,16,17,18). The molecule has 0 saturated heterocycles. The van der Waals surface area contributed by atoms with Crippen LogP contribution in [0, 0.1) is 5.41 Å². The highest BCUT2D eigenvalue weighted by Gasteiger charge is 2.31. The predicted molar refractivity (Wildman–Crippen MR) is 82.5 cm³/mol. The second-order valence-electron chi connectivity index (χ2n) is 5.34. The first-order chi connectivity index (χ1) is 9.34. The molecule has 0 heterocycles. The summed E-state index contributed by atoms with van der Waals surface area (Å²) in [6, 6.07) is 6.84. The summed E-state index contributed by atoms with van der Waals surface area (Å²) < 4.78 is 5.68. The van der Waals surface area contributed by atoms with Crippen molar-refractivity contribution in [2.24, 2.45) is 21.1 Å². The molecule has 20 heavy (non-hydrogen) atoms. The molecule has 2 atom stereocenters. The molecule has 0 aromatic heterocycles. The first-order valence-corrected chi connectivity index (χ1v) is 6.57. The van der Waals surface area contributed by atoms with E-state index in [9.17, 15) is 5.11 Å². The van der Waals surface area contributed by atoms with Gasteiger partial charge in [0.2, 0.25) is 6.23 Å². The van der Waals surface area contributed by atoms with E-state index in [0.29, 0.717) is 10.8 Å².